The minimum Gasteiger partial charge on any atom is -0.444 e. The van der Waals surface area contributed by atoms with E-state index in [0.717, 1.165) is 24.2 Å². The second-order valence-corrected chi connectivity index (χ2v) is 9.18. The standard InChI is InChI=1S/C21H35ClN2O2/c1-15(2)11-23-12-17-8-18(10-19(22)9-17)14-24(13-16(3)4)20(25)26-21(5,6)7/h8-10,15-16,23H,11-14H2,1-7H3. The maximum absolute atomic E-state index is 12.6. The monoisotopic (exact) mass is 382 g/mol. The van der Waals surface area contributed by atoms with E-state index in [1.807, 2.05) is 32.9 Å². The van der Waals surface area contributed by atoms with E-state index in [1.165, 1.54) is 0 Å². The molecule has 0 aromatic heterocycles. The molecule has 1 amide bonds. The first-order valence-electron chi connectivity index (χ1n) is 9.43. The van der Waals surface area contributed by atoms with E-state index >= 15 is 0 Å². The predicted molar refractivity (Wildman–Crippen MR) is 109 cm³/mol. The van der Waals surface area contributed by atoms with Gasteiger partial charge in [0.25, 0.3) is 0 Å². The number of carbonyl (C=O) groups excluding carboxylic acids is 1. The lowest BCUT2D eigenvalue weighted by atomic mass is 10.1. The Kier molecular flexibility index (Phi) is 8.91. The van der Waals surface area contributed by atoms with Crippen molar-refractivity contribution in [2.45, 2.75) is 67.2 Å². The number of hydrogen-bond acceptors (Lipinski definition) is 3. The lowest BCUT2D eigenvalue weighted by Gasteiger charge is -2.29. The number of nitrogens with zero attached hydrogens (tertiary/aromatic N) is 1. The highest BCUT2D eigenvalue weighted by atomic mass is 35.5. The van der Waals surface area contributed by atoms with Crippen molar-refractivity contribution < 1.29 is 9.53 Å². The number of ether oxygens (including phenoxy) is 1. The summed E-state index contributed by atoms with van der Waals surface area (Å²) in [6, 6.07) is 6.00. The van der Waals surface area contributed by atoms with Crippen LogP contribution in [0.2, 0.25) is 5.02 Å². The fraction of sp³-hybridized carbons (Fsp3) is 0.667. The Balaban J connectivity index is 2.88. The zero-order valence-electron chi connectivity index (χ0n) is 17.4. The van der Waals surface area contributed by atoms with Gasteiger partial charge in [0.05, 0.1) is 0 Å². The molecule has 4 nitrogen and oxygen atoms in total. The fourth-order valence-electron chi connectivity index (χ4n) is 2.61. The van der Waals surface area contributed by atoms with Crippen LogP contribution in [-0.4, -0.2) is 29.7 Å². The van der Waals surface area contributed by atoms with Gasteiger partial charge >= 0.3 is 6.09 Å². The molecule has 0 bridgehead atoms. The minimum atomic E-state index is -0.507. The molecule has 0 aliphatic rings. The van der Waals surface area contributed by atoms with Crippen molar-refractivity contribution in [3.05, 3.63) is 34.3 Å². The number of amides is 1. The summed E-state index contributed by atoms with van der Waals surface area (Å²) < 4.78 is 5.57. The molecule has 0 fully saturated rings. The zero-order valence-corrected chi connectivity index (χ0v) is 18.1. The smallest absolute Gasteiger partial charge is 0.410 e. The van der Waals surface area contributed by atoms with Crippen LogP contribution >= 0.6 is 11.6 Å². The molecule has 0 aliphatic heterocycles. The highest BCUT2D eigenvalue weighted by Crippen LogP contribution is 2.19. The summed E-state index contributed by atoms with van der Waals surface area (Å²) in [6.07, 6.45) is -0.286. The Hall–Kier alpha value is -1.26. The fourth-order valence-corrected chi connectivity index (χ4v) is 2.89. The van der Waals surface area contributed by atoms with Crippen LogP contribution in [0.15, 0.2) is 18.2 Å². The van der Waals surface area contributed by atoms with Crippen molar-refractivity contribution >= 4 is 17.7 Å². The quantitative estimate of drug-likeness (QED) is 0.647. The first kappa shape index (κ1) is 22.8. The van der Waals surface area contributed by atoms with Gasteiger partial charge in [0.15, 0.2) is 0 Å². The maximum Gasteiger partial charge on any atom is 0.410 e. The molecule has 0 heterocycles. The molecule has 1 rings (SSSR count). The number of halogens is 1. The van der Waals surface area contributed by atoms with E-state index in [-0.39, 0.29) is 6.09 Å². The molecule has 148 valence electrons. The second kappa shape index (κ2) is 10.2. The van der Waals surface area contributed by atoms with Gasteiger partial charge in [-0.3, -0.25) is 0 Å². The third-order valence-electron chi connectivity index (χ3n) is 3.51. The number of benzene rings is 1. The van der Waals surface area contributed by atoms with Crippen molar-refractivity contribution in [3.63, 3.8) is 0 Å². The highest BCUT2D eigenvalue weighted by molar-refractivity contribution is 6.30. The third-order valence-corrected chi connectivity index (χ3v) is 3.73. The lowest BCUT2D eigenvalue weighted by molar-refractivity contribution is 0.0211. The summed E-state index contributed by atoms with van der Waals surface area (Å²) in [5, 5.41) is 4.12. The highest BCUT2D eigenvalue weighted by Gasteiger charge is 2.23. The van der Waals surface area contributed by atoms with Gasteiger partial charge in [0.2, 0.25) is 0 Å². The Bertz CT molecular complexity index is 580. The third kappa shape index (κ3) is 9.44. The molecule has 0 spiro atoms. The van der Waals surface area contributed by atoms with Crippen molar-refractivity contribution in [2.75, 3.05) is 13.1 Å². The van der Waals surface area contributed by atoms with E-state index in [9.17, 15) is 4.79 Å². The number of nitrogens with one attached hydrogen (secondary N) is 1. The summed E-state index contributed by atoms with van der Waals surface area (Å²) in [6.45, 7) is 17.1. The van der Waals surface area contributed by atoms with Crippen LogP contribution in [0.4, 0.5) is 4.79 Å². The van der Waals surface area contributed by atoms with Gasteiger partial charge in [0.1, 0.15) is 5.60 Å². The van der Waals surface area contributed by atoms with Gasteiger partial charge in [-0.05, 0) is 62.4 Å². The first-order valence-corrected chi connectivity index (χ1v) is 9.81. The number of rotatable bonds is 8. The number of carbonyl (C=O) groups is 1. The van der Waals surface area contributed by atoms with Crippen LogP contribution < -0.4 is 5.32 Å². The molecule has 0 atom stereocenters. The van der Waals surface area contributed by atoms with E-state index in [1.54, 1.807) is 4.90 Å². The molecule has 0 saturated carbocycles. The van der Waals surface area contributed by atoms with Crippen LogP contribution in [0.5, 0.6) is 0 Å². The van der Waals surface area contributed by atoms with Crippen LogP contribution in [0, 0.1) is 11.8 Å². The van der Waals surface area contributed by atoms with Crippen LogP contribution in [0.3, 0.4) is 0 Å². The zero-order chi connectivity index (χ0) is 19.9. The van der Waals surface area contributed by atoms with E-state index in [0.29, 0.717) is 29.9 Å². The van der Waals surface area contributed by atoms with Gasteiger partial charge in [-0.2, -0.15) is 0 Å². The van der Waals surface area contributed by atoms with Gasteiger partial charge in [0, 0.05) is 24.7 Å². The molecule has 0 saturated heterocycles. The topological polar surface area (TPSA) is 41.6 Å². The van der Waals surface area contributed by atoms with Crippen LogP contribution in [-0.2, 0) is 17.8 Å². The molecular weight excluding hydrogens is 348 g/mol. The Labute approximate surface area is 164 Å². The number of hydrogen-bond donors (Lipinski definition) is 1. The molecule has 5 heteroatoms. The first-order chi connectivity index (χ1) is 12.0. The average Bonchev–Trinajstić information content (AvgIpc) is 2.43. The molecule has 0 radical (unpaired) electrons. The van der Waals surface area contributed by atoms with E-state index in [2.05, 4.69) is 39.1 Å². The van der Waals surface area contributed by atoms with E-state index in [4.69, 9.17) is 16.3 Å². The normalized spacial score (nSPS) is 11.9. The second-order valence-electron chi connectivity index (χ2n) is 8.75. The SMILES string of the molecule is CC(C)CNCc1cc(Cl)cc(CN(CC(C)C)C(=O)OC(C)(C)C)c1. The van der Waals surface area contributed by atoms with Crippen LogP contribution in [0.1, 0.15) is 59.6 Å². The minimum absolute atomic E-state index is 0.286. The molecule has 1 N–H and O–H groups in total. The Morgan fingerprint density at radius 2 is 1.73 bits per heavy atom. The van der Waals surface area contributed by atoms with Crippen molar-refractivity contribution in [1.29, 1.82) is 0 Å². The maximum atomic E-state index is 12.6. The molecular formula is C21H35ClN2O2. The summed E-state index contributed by atoms with van der Waals surface area (Å²) in [7, 11) is 0. The van der Waals surface area contributed by atoms with Gasteiger partial charge in [-0.15, -0.1) is 0 Å². The van der Waals surface area contributed by atoms with Gasteiger partial charge in [-0.1, -0.05) is 45.4 Å². The van der Waals surface area contributed by atoms with Crippen molar-refractivity contribution in [3.8, 4) is 0 Å². The Morgan fingerprint density at radius 1 is 1.12 bits per heavy atom. The van der Waals surface area contributed by atoms with Gasteiger partial charge < -0.3 is 15.0 Å². The summed E-state index contributed by atoms with van der Waals surface area (Å²) >= 11 is 6.30. The molecule has 0 aliphatic carbocycles. The lowest BCUT2D eigenvalue weighted by Crippen LogP contribution is -2.38. The van der Waals surface area contributed by atoms with Crippen LogP contribution in [0.25, 0.3) is 0 Å². The largest absolute Gasteiger partial charge is 0.444 e. The predicted octanol–water partition coefficient (Wildman–Crippen LogP) is 5.48. The van der Waals surface area contributed by atoms with Crippen molar-refractivity contribution in [2.24, 2.45) is 11.8 Å². The van der Waals surface area contributed by atoms with Gasteiger partial charge in [-0.25, -0.2) is 4.79 Å². The summed E-state index contributed by atoms with van der Waals surface area (Å²) in [4.78, 5) is 14.3. The molecule has 26 heavy (non-hydrogen) atoms. The molecule has 1 aromatic rings. The summed E-state index contributed by atoms with van der Waals surface area (Å²) in [5.41, 5.74) is 1.64. The average molecular weight is 383 g/mol. The summed E-state index contributed by atoms with van der Waals surface area (Å²) in [5.74, 6) is 0.955. The molecule has 0 unspecified atom stereocenters. The van der Waals surface area contributed by atoms with E-state index < -0.39 is 5.60 Å². The Morgan fingerprint density at radius 3 is 2.27 bits per heavy atom. The molecule has 1 aromatic carbocycles. The van der Waals surface area contributed by atoms with Crippen molar-refractivity contribution in [1.82, 2.24) is 10.2 Å².